The Morgan fingerprint density at radius 2 is 1.46 bits per heavy atom. The summed E-state index contributed by atoms with van der Waals surface area (Å²) < 4.78 is 5.66. The molecule has 0 spiro atoms. The maximum absolute atomic E-state index is 10.1. The van der Waals surface area contributed by atoms with E-state index < -0.39 is 6.10 Å². The molecule has 0 aliphatic rings. The predicted molar refractivity (Wildman–Crippen MR) is 98.8 cm³/mol. The van der Waals surface area contributed by atoms with Crippen LogP contribution in [0.1, 0.15) is 90.4 Å². The topological polar surface area (TPSA) is 66.8 Å². The van der Waals surface area contributed by atoms with Crippen molar-refractivity contribution in [3.8, 4) is 0 Å². The van der Waals surface area contributed by atoms with Crippen LogP contribution in [0, 0.1) is 0 Å². The summed E-state index contributed by atoms with van der Waals surface area (Å²) in [6.45, 7) is 3.05. The fraction of sp³-hybridized carbons (Fsp3) is 0.900. The molecule has 4 nitrogen and oxygen atoms in total. The summed E-state index contributed by atoms with van der Waals surface area (Å²) in [6, 6.07) is 0. The van der Waals surface area contributed by atoms with E-state index >= 15 is 0 Å². The number of carbonyl (C=O) groups excluding carboxylic acids is 1. The van der Waals surface area contributed by atoms with E-state index in [2.05, 4.69) is 6.92 Å². The Hall–Kier alpha value is -0.670. The summed E-state index contributed by atoms with van der Waals surface area (Å²) >= 11 is 0. The van der Waals surface area contributed by atoms with E-state index in [1.165, 1.54) is 44.6 Å². The van der Waals surface area contributed by atoms with E-state index in [0.717, 1.165) is 45.1 Å². The zero-order valence-electron chi connectivity index (χ0n) is 15.5. The molecule has 24 heavy (non-hydrogen) atoms. The molecule has 2 atom stereocenters. The smallest absolute Gasteiger partial charge is 0.122 e. The van der Waals surface area contributed by atoms with Crippen molar-refractivity contribution in [1.29, 1.82) is 0 Å². The van der Waals surface area contributed by atoms with E-state index in [1.807, 2.05) is 0 Å². The minimum Gasteiger partial charge on any atom is -0.394 e. The van der Waals surface area contributed by atoms with Gasteiger partial charge in [-0.05, 0) is 19.3 Å². The van der Waals surface area contributed by atoms with Gasteiger partial charge in [0.15, 0.2) is 0 Å². The zero-order chi connectivity index (χ0) is 17.9. The molecule has 0 heterocycles. The van der Waals surface area contributed by atoms with Crippen molar-refractivity contribution < 1.29 is 19.7 Å². The number of hydrogen-bond acceptors (Lipinski definition) is 4. The van der Waals surface area contributed by atoms with Gasteiger partial charge in [-0.2, -0.15) is 0 Å². The Kier molecular flexibility index (Phi) is 18.1. The number of rotatable bonds is 18. The minimum atomic E-state index is -0.615. The summed E-state index contributed by atoms with van der Waals surface area (Å²) in [5, 5.41) is 18.6. The summed E-state index contributed by atoms with van der Waals surface area (Å²) in [7, 11) is 0. The molecule has 4 heteroatoms. The zero-order valence-corrected chi connectivity index (χ0v) is 15.5. The third-order valence-corrected chi connectivity index (χ3v) is 4.34. The SMILES string of the molecule is CCCCOC(CO)CCCCCCCCCCCC(O)C=C=O. The molecule has 0 saturated heterocycles. The lowest BCUT2D eigenvalue weighted by molar-refractivity contribution is 0.00549. The summed E-state index contributed by atoms with van der Waals surface area (Å²) in [5.41, 5.74) is 0. The minimum absolute atomic E-state index is 0.0287. The van der Waals surface area contributed by atoms with Gasteiger partial charge in [-0.15, -0.1) is 0 Å². The number of aliphatic hydroxyl groups excluding tert-OH is 2. The van der Waals surface area contributed by atoms with Gasteiger partial charge in [0.05, 0.1) is 18.8 Å². The molecule has 0 bridgehead atoms. The molecule has 0 aromatic carbocycles. The van der Waals surface area contributed by atoms with Crippen molar-refractivity contribution in [2.45, 2.75) is 103 Å². The second-order valence-corrected chi connectivity index (χ2v) is 6.64. The van der Waals surface area contributed by atoms with Gasteiger partial charge in [0.1, 0.15) is 5.94 Å². The van der Waals surface area contributed by atoms with Crippen LogP contribution < -0.4 is 0 Å². The van der Waals surface area contributed by atoms with Crippen LogP contribution in [0.5, 0.6) is 0 Å². The van der Waals surface area contributed by atoms with E-state index in [0.29, 0.717) is 6.42 Å². The molecular weight excluding hydrogens is 304 g/mol. The van der Waals surface area contributed by atoms with Crippen LogP contribution in [-0.4, -0.2) is 41.6 Å². The van der Waals surface area contributed by atoms with Crippen LogP contribution in [0.25, 0.3) is 0 Å². The average Bonchev–Trinajstić information content (AvgIpc) is 2.58. The lowest BCUT2D eigenvalue weighted by atomic mass is 10.0. The molecule has 0 aliphatic heterocycles. The molecule has 2 N–H and O–H groups in total. The molecule has 0 fully saturated rings. The normalized spacial score (nSPS) is 13.5. The molecule has 0 aliphatic carbocycles. The maximum Gasteiger partial charge on any atom is 0.122 e. The van der Waals surface area contributed by atoms with Gasteiger partial charge in [-0.3, -0.25) is 0 Å². The molecule has 2 unspecified atom stereocenters. The maximum atomic E-state index is 10.1. The van der Waals surface area contributed by atoms with Crippen molar-refractivity contribution in [2.75, 3.05) is 13.2 Å². The van der Waals surface area contributed by atoms with Gasteiger partial charge < -0.3 is 14.9 Å². The first-order valence-electron chi connectivity index (χ1n) is 9.86. The first-order valence-corrected chi connectivity index (χ1v) is 9.86. The van der Waals surface area contributed by atoms with Crippen molar-refractivity contribution >= 4 is 5.94 Å². The molecule has 0 amide bonds. The van der Waals surface area contributed by atoms with E-state index in [1.54, 1.807) is 5.94 Å². The first-order chi connectivity index (χ1) is 11.7. The highest BCUT2D eigenvalue weighted by Crippen LogP contribution is 2.13. The molecule has 142 valence electrons. The predicted octanol–water partition coefficient (Wildman–Crippen LogP) is 4.20. The van der Waals surface area contributed by atoms with Gasteiger partial charge in [-0.25, -0.2) is 4.79 Å². The molecular formula is C20H38O4. The lowest BCUT2D eigenvalue weighted by Gasteiger charge is -2.15. The van der Waals surface area contributed by atoms with Crippen LogP contribution >= 0.6 is 0 Å². The lowest BCUT2D eigenvalue weighted by Crippen LogP contribution is -2.18. The number of aliphatic hydroxyl groups is 2. The number of hydrogen-bond donors (Lipinski definition) is 2. The van der Waals surface area contributed by atoms with Crippen molar-refractivity contribution in [1.82, 2.24) is 0 Å². The van der Waals surface area contributed by atoms with Crippen molar-refractivity contribution in [3.63, 3.8) is 0 Å². The van der Waals surface area contributed by atoms with Crippen LogP contribution in [0.3, 0.4) is 0 Å². The highest BCUT2D eigenvalue weighted by atomic mass is 16.5. The van der Waals surface area contributed by atoms with Gasteiger partial charge in [0, 0.05) is 12.7 Å². The van der Waals surface area contributed by atoms with Gasteiger partial charge >= 0.3 is 0 Å². The Morgan fingerprint density at radius 3 is 1.96 bits per heavy atom. The first kappa shape index (κ1) is 23.3. The Labute approximate surface area is 148 Å². The molecule has 0 aromatic heterocycles. The highest BCUT2D eigenvalue weighted by molar-refractivity contribution is 5.45. The van der Waals surface area contributed by atoms with E-state index in [-0.39, 0.29) is 12.7 Å². The van der Waals surface area contributed by atoms with Crippen LogP contribution in [0.15, 0.2) is 6.08 Å². The number of unbranched alkanes of at least 4 members (excludes halogenated alkanes) is 9. The van der Waals surface area contributed by atoms with Gasteiger partial charge in [0.2, 0.25) is 0 Å². The fourth-order valence-electron chi connectivity index (χ4n) is 2.75. The second kappa shape index (κ2) is 18.7. The summed E-state index contributed by atoms with van der Waals surface area (Å²) in [6.07, 6.45) is 15.2. The molecule has 0 aromatic rings. The van der Waals surface area contributed by atoms with Gasteiger partial charge in [-0.1, -0.05) is 71.1 Å². The molecule has 0 rings (SSSR count). The fourth-order valence-corrected chi connectivity index (χ4v) is 2.75. The molecule has 0 saturated carbocycles. The molecule has 0 radical (unpaired) electrons. The summed E-state index contributed by atoms with van der Waals surface area (Å²) in [5.74, 6) is 1.63. The van der Waals surface area contributed by atoms with Gasteiger partial charge in [0.25, 0.3) is 0 Å². The van der Waals surface area contributed by atoms with Crippen molar-refractivity contribution in [3.05, 3.63) is 6.08 Å². The highest BCUT2D eigenvalue weighted by Gasteiger charge is 2.06. The quantitative estimate of drug-likeness (QED) is 0.289. The standard InChI is InChI=1S/C20H38O4/c1-2-3-17-24-20(18-22)14-12-10-8-6-4-5-7-9-11-13-19(23)15-16-21/h15,19-20,22-23H,2-14,17-18H2,1H3. The van der Waals surface area contributed by atoms with Crippen LogP contribution in [0.4, 0.5) is 0 Å². The third kappa shape index (κ3) is 16.2. The Bertz CT molecular complexity index is 300. The third-order valence-electron chi connectivity index (χ3n) is 4.34. The summed E-state index contributed by atoms with van der Waals surface area (Å²) in [4.78, 5) is 10.1. The van der Waals surface area contributed by atoms with Crippen LogP contribution in [-0.2, 0) is 9.53 Å². The van der Waals surface area contributed by atoms with E-state index in [9.17, 15) is 15.0 Å². The average molecular weight is 343 g/mol. The Balaban J connectivity index is 3.28. The second-order valence-electron chi connectivity index (χ2n) is 6.64. The van der Waals surface area contributed by atoms with Crippen LogP contribution in [0.2, 0.25) is 0 Å². The number of ether oxygens (including phenoxy) is 1. The van der Waals surface area contributed by atoms with E-state index in [4.69, 9.17) is 4.74 Å². The Morgan fingerprint density at radius 1 is 0.917 bits per heavy atom. The monoisotopic (exact) mass is 342 g/mol. The largest absolute Gasteiger partial charge is 0.394 e. The van der Waals surface area contributed by atoms with Crippen molar-refractivity contribution in [2.24, 2.45) is 0 Å².